The lowest BCUT2D eigenvalue weighted by molar-refractivity contribution is -0.149. The van der Waals surface area contributed by atoms with Crippen LogP contribution < -0.4 is 10.6 Å². The number of rotatable bonds is 4. The molecule has 1 saturated heterocycles. The Morgan fingerprint density at radius 1 is 1.41 bits per heavy atom. The molecule has 2 rings (SSSR count). The maximum Gasteiger partial charge on any atom is 0.332 e. The second kappa shape index (κ2) is 4.91. The molecule has 0 aromatic carbocycles. The number of nitrogens with one attached hydrogen (secondary N) is 2. The van der Waals surface area contributed by atoms with E-state index in [1.165, 1.54) is 0 Å². The number of carboxylic acid groups (broad SMARTS) is 1. The van der Waals surface area contributed by atoms with Crippen LogP contribution in [-0.4, -0.2) is 41.9 Å². The Bertz CT molecular complexity index is 321. The van der Waals surface area contributed by atoms with Gasteiger partial charge in [0, 0.05) is 12.6 Å². The lowest BCUT2D eigenvalue weighted by atomic mass is 10.2. The van der Waals surface area contributed by atoms with Crippen molar-refractivity contribution in [3.8, 4) is 0 Å². The predicted molar refractivity (Wildman–Crippen MR) is 59.6 cm³/mol. The van der Waals surface area contributed by atoms with Crippen LogP contribution in [0.1, 0.15) is 26.2 Å². The molecule has 1 saturated carbocycles. The van der Waals surface area contributed by atoms with E-state index in [2.05, 4.69) is 17.6 Å². The molecule has 0 radical (unpaired) electrons. The highest BCUT2D eigenvalue weighted by Gasteiger charge is 2.34. The Morgan fingerprint density at radius 3 is 2.65 bits per heavy atom. The Kier molecular flexibility index (Phi) is 3.51. The summed E-state index contributed by atoms with van der Waals surface area (Å²) in [7, 11) is 0. The molecule has 3 N–H and O–H groups in total. The van der Waals surface area contributed by atoms with Crippen LogP contribution in [0.5, 0.6) is 0 Å². The fourth-order valence-electron chi connectivity index (χ4n) is 1.99. The van der Waals surface area contributed by atoms with Gasteiger partial charge in [0.2, 0.25) is 0 Å². The summed E-state index contributed by atoms with van der Waals surface area (Å²) < 4.78 is 5.27. The molecule has 0 aromatic heterocycles. The first-order valence-corrected chi connectivity index (χ1v) is 5.99. The van der Waals surface area contributed by atoms with Crippen molar-refractivity contribution < 1.29 is 19.4 Å². The van der Waals surface area contributed by atoms with Crippen molar-refractivity contribution in [2.24, 2.45) is 5.92 Å². The van der Waals surface area contributed by atoms with Gasteiger partial charge in [-0.05, 0) is 25.2 Å². The highest BCUT2D eigenvalue weighted by atomic mass is 16.5. The molecule has 96 valence electrons. The van der Waals surface area contributed by atoms with Gasteiger partial charge in [-0.1, -0.05) is 6.92 Å². The molecule has 0 bridgehead atoms. The highest BCUT2D eigenvalue weighted by molar-refractivity contribution is 5.74. The van der Waals surface area contributed by atoms with Gasteiger partial charge in [-0.15, -0.1) is 0 Å². The molecule has 2 aliphatic rings. The first kappa shape index (κ1) is 12.2. The number of hydrogen-bond acceptors (Lipinski definition) is 3. The molecule has 1 heterocycles. The molecule has 0 spiro atoms. The highest BCUT2D eigenvalue weighted by Crippen LogP contribution is 2.28. The summed E-state index contributed by atoms with van der Waals surface area (Å²) in [5, 5.41) is 14.3. The average molecular weight is 242 g/mol. The Balaban J connectivity index is 1.62. The predicted octanol–water partition coefficient (Wildman–Crippen LogP) is 0.326. The number of amides is 2. The SMILES string of the molecule is CC1CC1NC(=O)NCC1CCC(C(=O)O)O1. The van der Waals surface area contributed by atoms with Crippen molar-refractivity contribution in [3.05, 3.63) is 0 Å². The smallest absolute Gasteiger partial charge is 0.332 e. The first-order chi connectivity index (χ1) is 8.06. The van der Waals surface area contributed by atoms with Crippen LogP contribution >= 0.6 is 0 Å². The molecule has 0 aromatic rings. The molecule has 4 unspecified atom stereocenters. The average Bonchev–Trinajstić information content (AvgIpc) is 2.81. The molecule has 2 amide bonds. The summed E-state index contributed by atoms with van der Waals surface area (Å²) in [5.41, 5.74) is 0. The molecule has 1 aliphatic carbocycles. The summed E-state index contributed by atoms with van der Waals surface area (Å²) in [5.74, 6) is -0.358. The monoisotopic (exact) mass is 242 g/mol. The molecular formula is C11H18N2O4. The normalized spacial score (nSPS) is 35.4. The van der Waals surface area contributed by atoms with Gasteiger partial charge in [0.15, 0.2) is 6.10 Å². The number of carbonyl (C=O) groups excluding carboxylic acids is 1. The number of urea groups is 1. The van der Waals surface area contributed by atoms with E-state index >= 15 is 0 Å². The van der Waals surface area contributed by atoms with Gasteiger partial charge in [-0.3, -0.25) is 0 Å². The minimum Gasteiger partial charge on any atom is -0.479 e. The quantitative estimate of drug-likeness (QED) is 0.662. The van der Waals surface area contributed by atoms with E-state index in [-0.39, 0.29) is 12.1 Å². The number of aliphatic carboxylic acids is 1. The van der Waals surface area contributed by atoms with Crippen molar-refractivity contribution in [1.82, 2.24) is 10.6 Å². The van der Waals surface area contributed by atoms with Gasteiger partial charge in [-0.25, -0.2) is 9.59 Å². The zero-order valence-corrected chi connectivity index (χ0v) is 9.81. The molecular weight excluding hydrogens is 224 g/mol. The van der Waals surface area contributed by atoms with E-state index in [1.54, 1.807) is 0 Å². The zero-order chi connectivity index (χ0) is 12.4. The van der Waals surface area contributed by atoms with Crippen LogP contribution in [0.2, 0.25) is 0 Å². The fraction of sp³-hybridized carbons (Fsp3) is 0.818. The largest absolute Gasteiger partial charge is 0.479 e. The van der Waals surface area contributed by atoms with Crippen molar-refractivity contribution in [3.63, 3.8) is 0 Å². The molecule has 2 fully saturated rings. The molecule has 17 heavy (non-hydrogen) atoms. The van der Waals surface area contributed by atoms with Gasteiger partial charge < -0.3 is 20.5 Å². The minimum atomic E-state index is -0.927. The van der Waals surface area contributed by atoms with Crippen LogP contribution in [0.4, 0.5) is 4.79 Å². The summed E-state index contributed by atoms with van der Waals surface area (Å²) in [6.07, 6.45) is 1.33. The van der Waals surface area contributed by atoms with E-state index < -0.39 is 12.1 Å². The van der Waals surface area contributed by atoms with E-state index in [1.807, 2.05) is 0 Å². The van der Waals surface area contributed by atoms with Crippen LogP contribution in [0, 0.1) is 5.92 Å². The lowest BCUT2D eigenvalue weighted by Gasteiger charge is -2.12. The molecule has 4 atom stereocenters. The maximum atomic E-state index is 11.4. The van der Waals surface area contributed by atoms with Gasteiger partial charge in [0.25, 0.3) is 0 Å². The Morgan fingerprint density at radius 2 is 2.12 bits per heavy atom. The Labute approximate surface area is 99.7 Å². The van der Waals surface area contributed by atoms with Crippen LogP contribution in [-0.2, 0) is 9.53 Å². The van der Waals surface area contributed by atoms with E-state index in [0.717, 1.165) is 6.42 Å². The second-order valence-electron chi connectivity index (χ2n) is 4.84. The van der Waals surface area contributed by atoms with E-state index in [4.69, 9.17) is 9.84 Å². The third-order valence-electron chi connectivity index (χ3n) is 3.30. The van der Waals surface area contributed by atoms with E-state index in [9.17, 15) is 9.59 Å². The maximum absolute atomic E-state index is 11.4. The third kappa shape index (κ3) is 3.33. The number of ether oxygens (including phenoxy) is 1. The van der Waals surface area contributed by atoms with Crippen molar-refractivity contribution in [2.75, 3.05) is 6.54 Å². The minimum absolute atomic E-state index is 0.182. The topological polar surface area (TPSA) is 87.7 Å². The molecule has 6 heteroatoms. The first-order valence-electron chi connectivity index (χ1n) is 5.99. The number of carbonyl (C=O) groups is 2. The number of hydrogen-bond donors (Lipinski definition) is 3. The standard InChI is InChI=1S/C11H18N2O4/c1-6-4-8(6)13-11(16)12-5-7-2-3-9(17-7)10(14)15/h6-9H,2-5H2,1H3,(H,14,15)(H2,12,13,16). The van der Waals surface area contributed by atoms with Crippen molar-refractivity contribution in [1.29, 1.82) is 0 Å². The van der Waals surface area contributed by atoms with Crippen molar-refractivity contribution in [2.45, 2.75) is 44.4 Å². The van der Waals surface area contributed by atoms with Gasteiger partial charge in [0.1, 0.15) is 0 Å². The van der Waals surface area contributed by atoms with Crippen LogP contribution in [0.15, 0.2) is 0 Å². The van der Waals surface area contributed by atoms with Gasteiger partial charge in [-0.2, -0.15) is 0 Å². The lowest BCUT2D eigenvalue weighted by Crippen LogP contribution is -2.41. The van der Waals surface area contributed by atoms with Crippen molar-refractivity contribution >= 4 is 12.0 Å². The van der Waals surface area contributed by atoms with Gasteiger partial charge >= 0.3 is 12.0 Å². The van der Waals surface area contributed by atoms with E-state index in [0.29, 0.717) is 31.3 Å². The van der Waals surface area contributed by atoms with Crippen LogP contribution in [0.3, 0.4) is 0 Å². The zero-order valence-electron chi connectivity index (χ0n) is 9.81. The Hall–Kier alpha value is -1.30. The van der Waals surface area contributed by atoms with Crippen LogP contribution in [0.25, 0.3) is 0 Å². The molecule has 1 aliphatic heterocycles. The summed E-state index contributed by atoms with van der Waals surface area (Å²) in [6, 6.07) is 0.105. The second-order valence-corrected chi connectivity index (χ2v) is 4.84. The fourth-order valence-corrected chi connectivity index (χ4v) is 1.99. The third-order valence-corrected chi connectivity index (χ3v) is 3.30. The summed E-state index contributed by atoms with van der Waals surface area (Å²) >= 11 is 0. The molecule has 6 nitrogen and oxygen atoms in total. The summed E-state index contributed by atoms with van der Waals surface area (Å²) in [4.78, 5) is 22.1. The number of carboxylic acids is 1. The van der Waals surface area contributed by atoms with Gasteiger partial charge in [0.05, 0.1) is 6.10 Å². The summed E-state index contributed by atoms with van der Waals surface area (Å²) in [6.45, 7) is 2.46.